The second-order valence-corrected chi connectivity index (χ2v) is 3.51. The third kappa shape index (κ3) is 1.30. The Bertz CT molecular complexity index is 116. The fraction of sp³-hybridized carbons (Fsp3) is 1.00. The van der Waals surface area contributed by atoms with Crippen molar-refractivity contribution in [3.8, 4) is 0 Å². The Balaban J connectivity index is 2.34. The molecule has 1 nitrogen and oxygen atoms in total. The van der Waals surface area contributed by atoms with E-state index >= 15 is 0 Å². The first-order chi connectivity index (χ1) is 4.79. The second kappa shape index (κ2) is 3.10. The van der Waals surface area contributed by atoms with E-state index in [1.165, 1.54) is 12.8 Å². The van der Waals surface area contributed by atoms with E-state index in [0.717, 1.165) is 18.4 Å². The summed E-state index contributed by atoms with van der Waals surface area (Å²) in [4.78, 5) is 0. The van der Waals surface area contributed by atoms with Crippen LogP contribution in [0.3, 0.4) is 0 Å². The molecule has 2 unspecified atom stereocenters. The van der Waals surface area contributed by atoms with Gasteiger partial charge >= 0.3 is 0 Å². The lowest BCUT2D eigenvalue weighted by molar-refractivity contribution is 0.131. The molecule has 0 spiro atoms. The van der Waals surface area contributed by atoms with Gasteiger partial charge < -0.3 is 4.74 Å². The average molecular weight is 163 g/mol. The quantitative estimate of drug-likeness (QED) is 0.577. The third-order valence-corrected chi connectivity index (χ3v) is 3.05. The Labute approximate surface area is 67.7 Å². The van der Waals surface area contributed by atoms with Gasteiger partial charge in [0, 0.05) is 13.0 Å². The molecule has 0 saturated heterocycles. The predicted molar refractivity (Wildman–Crippen MR) is 43.4 cm³/mol. The van der Waals surface area contributed by atoms with Crippen molar-refractivity contribution in [1.82, 2.24) is 0 Å². The summed E-state index contributed by atoms with van der Waals surface area (Å²) < 4.78 is 5.13. The molecule has 2 heteroatoms. The molecule has 1 fully saturated rings. The van der Waals surface area contributed by atoms with E-state index in [2.05, 4.69) is 6.92 Å². The van der Waals surface area contributed by atoms with E-state index in [1.807, 2.05) is 0 Å². The minimum absolute atomic E-state index is 0.455. The van der Waals surface area contributed by atoms with Crippen molar-refractivity contribution in [3.05, 3.63) is 0 Å². The lowest BCUT2D eigenvalue weighted by Gasteiger charge is -2.11. The van der Waals surface area contributed by atoms with Crippen LogP contribution in [0.5, 0.6) is 0 Å². The van der Waals surface area contributed by atoms with Crippen molar-refractivity contribution < 1.29 is 4.74 Å². The fourth-order valence-corrected chi connectivity index (χ4v) is 2.09. The average Bonchev–Trinajstić information content (AvgIpc) is 2.65. The van der Waals surface area contributed by atoms with Gasteiger partial charge in [-0.2, -0.15) is 0 Å². The van der Waals surface area contributed by atoms with Gasteiger partial charge in [0.25, 0.3) is 0 Å². The SMILES string of the molecule is CCC1(COC)CC1CCl. The van der Waals surface area contributed by atoms with Crippen LogP contribution >= 0.6 is 11.6 Å². The van der Waals surface area contributed by atoms with Crippen molar-refractivity contribution in [3.63, 3.8) is 0 Å². The summed E-state index contributed by atoms with van der Waals surface area (Å²) in [6.45, 7) is 3.10. The summed E-state index contributed by atoms with van der Waals surface area (Å²) >= 11 is 5.74. The summed E-state index contributed by atoms with van der Waals surface area (Å²) in [5, 5.41) is 0. The molecular formula is C8H15ClO. The highest BCUT2D eigenvalue weighted by Crippen LogP contribution is 2.55. The molecule has 0 aromatic rings. The number of hydrogen-bond acceptors (Lipinski definition) is 1. The molecular weight excluding hydrogens is 148 g/mol. The van der Waals surface area contributed by atoms with Gasteiger partial charge in [0.05, 0.1) is 6.61 Å². The first-order valence-corrected chi connectivity index (χ1v) is 4.37. The second-order valence-electron chi connectivity index (χ2n) is 3.20. The van der Waals surface area contributed by atoms with E-state index in [0.29, 0.717) is 5.41 Å². The first-order valence-electron chi connectivity index (χ1n) is 3.84. The van der Waals surface area contributed by atoms with Crippen LogP contribution in [0.15, 0.2) is 0 Å². The molecule has 2 atom stereocenters. The zero-order valence-electron chi connectivity index (χ0n) is 6.69. The lowest BCUT2D eigenvalue weighted by atomic mass is 10.0. The summed E-state index contributed by atoms with van der Waals surface area (Å²) in [6.07, 6.45) is 2.47. The highest BCUT2D eigenvalue weighted by molar-refractivity contribution is 6.18. The number of halogens is 1. The molecule has 1 rings (SSSR count). The molecule has 0 aromatic carbocycles. The summed E-state index contributed by atoms with van der Waals surface area (Å²) in [5.41, 5.74) is 0.455. The molecule has 0 heterocycles. The maximum Gasteiger partial charge on any atom is 0.0521 e. The molecule has 0 aliphatic heterocycles. The number of alkyl halides is 1. The maximum absolute atomic E-state index is 5.74. The van der Waals surface area contributed by atoms with Crippen LogP contribution < -0.4 is 0 Å². The van der Waals surface area contributed by atoms with E-state index in [1.54, 1.807) is 7.11 Å². The van der Waals surface area contributed by atoms with Gasteiger partial charge in [0.2, 0.25) is 0 Å². The molecule has 0 radical (unpaired) electrons. The smallest absolute Gasteiger partial charge is 0.0521 e. The Kier molecular flexibility index (Phi) is 2.59. The molecule has 1 saturated carbocycles. The fourth-order valence-electron chi connectivity index (χ4n) is 1.65. The van der Waals surface area contributed by atoms with Gasteiger partial charge in [-0.3, -0.25) is 0 Å². The summed E-state index contributed by atoms with van der Waals surface area (Å²) in [7, 11) is 1.76. The molecule has 0 amide bonds. The van der Waals surface area contributed by atoms with Crippen molar-refractivity contribution in [2.75, 3.05) is 19.6 Å². The number of ether oxygens (including phenoxy) is 1. The lowest BCUT2D eigenvalue weighted by Crippen LogP contribution is -2.11. The van der Waals surface area contributed by atoms with Crippen LogP contribution in [0.2, 0.25) is 0 Å². The van der Waals surface area contributed by atoms with Gasteiger partial charge in [-0.1, -0.05) is 6.92 Å². The Morgan fingerprint density at radius 1 is 1.70 bits per heavy atom. The number of hydrogen-bond donors (Lipinski definition) is 0. The minimum atomic E-state index is 0.455. The van der Waals surface area contributed by atoms with Crippen molar-refractivity contribution in [1.29, 1.82) is 0 Å². The standard InChI is InChI=1S/C8H15ClO/c1-3-8(6-10-2)4-7(8)5-9/h7H,3-6H2,1-2H3. The zero-order valence-corrected chi connectivity index (χ0v) is 7.45. The highest BCUT2D eigenvalue weighted by Gasteiger charge is 2.51. The minimum Gasteiger partial charge on any atom is -0.384 e. The molecule has 0 N–H and O–H groups in total. The third-order valence-electron chi connectivity index (χ3n) is 2.68. The monoisotopic (exact) mass is 162 g/mol. The molecule has 1 aliphatic carbocycles. The number of rotatable bonds is 4. The predicted octanol–water partition coefficient (Wildman–Crippen LogP) is 2.29. The van der Waals surface area contributed by atoms with Crippen LogP contribution in [-0.2, 0) is 4.74 Å². The van der Waals surface area contributed by atoms with Crippen LogP contribution in [0.4, 0.5) is 0 Å². The van der Waals surface area contributed by atoms with E-state index in [4.69, 9.17) is 16.3 Å². The van der Waals surface area contributed by atoms with E-state index in [-0.39, 0.29) is 0 Å². The first kappa shape index (κ1) is 8.35. The maximum atomic E-state index is 5.74. The van der Waals surface area contributed by atoms with Crippen LogP contribution in [0.25, 0.3) is 0 Å². The molecule has 0 bridgehead atoms. The van der Waals surface area contributed by atoms with E-state index in [9.17, 15) is 0 Å². The van der Waals surface area contributed by atoms with Gasteiger partial charge in [0.15, 0.2) is 0 Å². The van der Waals surface area contributed by atoms with Crippen molar-refractivity contribution in [2.24, 2.45) is 11.3 Å². The van der Waals surface area contributed by atoms with Gasteiger partial charge in [-0.05, 0) is 24.2 Å². The van der Waals surface area contributed by atoms with Crippen LogP contribution in [-0.4, -0.2) is 19.6 Å². The largest absolute Gasteiger partial charge is 0.384 e. The van der Waals surface area contributed by atoms with Crippen molar-refractivity contribution >= 4 is 11.6 Å². The molecule has 60 valence electrons. The zero-order chi connectivity index (χ0) is 7.61. The van der Waals surface area contributed by atoms with Crippen molar-refractivity contribution in [2.45, 2.75) is 19.8 Å². The topological polar surface area (TPSA) is 9.23 Å². The number of methoxy groups -OCH3 is 1. The normalized spacial score (nSPS) is 38.1. The Hall–Kier alpha value is 0.250. The van der Waals surface area contributed by atoms with Gasteiger partial charge in [-0.15, -0.1) is 11.6 Å². The Morgan fingerprint density at radius 2 is 2.40 bits per heavy atom. The molecule has 1 aliphatic rings. The summed E-state index contributed by atoms with van der Waals surface area (Å²) in [5.74, 6) is 1.52. The van der Waals surface area contributed by atoms with Gasteiger partial charge in [0.1, 0.15) is 0 Å². The Morgan fingerprint density at radius 3 is 2.70 bits per heavy atom. The van der Waals surface area contributed by atoms with Crippen LogP contribution in [0.1, 0.15) is 19.8 Å². The van der Waals surface area contributed by atoms with Crippen LogP contribution in [0, 0.1) is 11.3 Å². The van der Waals surface area contributed by atoms with E-state index < -0.39 is 0 Å². The molecule has 0 aromatic heterocycles. The molecule has 10 heavy (non-hydrogen) atoms. The van der Waals surface area contributed by atoms with Gasteiger partial charge in [-0.25, -0.2) is 0 Å². The summed E-state index contributed by atoms with van der Waals surface area (Å²) in [6, 6.07) is 0. The highest BCUT2D eigenvalue weighted by atomic mass is 35.5.